The van der Waals surface area contributed by atoms with E-state index in [0.717, 1.165) is 11.1 Å². The molecule has 33 heavy (non-hydrogen) atoms. The van der Waals surface area contributed by atoms with Gasteiger partial charge in [0.1, 0.15) is 5.75 Å². The van der Waals surface area contributed by atoms with Crippen molar-refractivity contribution in [2.45, 2.75) is 6.92 Å². The van der Waals surface area contributed by atoms with Gasteiger partial charge in [-0.05, 0) is 48.4 Å². The van der Waals surface area contributed by atoms with E-state index in [-0.39, 0.29) is 18.3 Å². The van der Waals surface area contributed by atoms with Crippen LogP contribution in [-0.2, 0) is 4.79 Å². The Morgan fingerprint density at radius 1 is 0.818 bits per heavy atom. The molecule has 1 N–H and O–H groups in total. The minimum atomic E-state index is -0.373. The molecule has 0 radical (unpaired) electrons. The first-order chi connectivity index (χ1) is 16.0. The molecule has 0 saturated heterocycles. The van der Waals surface area contributed by atoms with Crippen molar-refractivity contribution in [2.24, 2.45) is 0 Å². The Hall–Kier alpha value is -3.89. The summed E-state index contributed by atoms with van der Waals surface area (Å²) in [6.07, 6.45) is 0. The number of hydrogen-bond acceptors (Lipinski definition) is 3. The number of carbonyl (C=O) groups excluding carboxylic acids is 2. The number of amides is 1. The van der Waals surface area contributed by atoms with E-state index in [1.807, 2.05) is 30.3 Å². The minimum absolute atomic E-state index is 0.189. The Morgan fingerprint density at radius 3 is 2.12 bits per heavy atom. The van der Waals surface area contributed by atoms with Crippen LogP contribution in [0, 0.1) is 6.92 Å². The monoisotopic (exact) mass is 455 g/mol. The number of nitrogens with one attached hydrogen (secondary N) is 1. The predicted octanol–water partition coefficient (Wildman–Crippen LogP) is 6.56. The molecule has 1 amide bonds. The van der Waals surface area contributed by atoms with Gasteiger partial charge in [0.25, 0.3) is 5.91 Å². The molecule has 0 aliphatic heterocycles. The minimum Gasteiger partial charge on any atom is -0.484 e. The van der Waals surface area contributed by atoms with Gasteiger partial charge < -0.3 is 10.1 Å². The van der Waals surface area contributed by atoms with Crippen LogP contribution in [-0.4, -0.2) is 18.3 Å². The Labute approximate surface area is 197 Å². The second-order valence-corrected chi connectivity index (χ2v) is 8.05. The molecule has 0 heterocycles. The molecular weight excluding hydrogens is 434 g/mol. The predicted molar refractivity (Wildman–Crippen MR) is 132 cm³/mol. The Morgan fingerprint density at radius 2 is 1.45 bits per heavy atom. The average molecular weight is 456 g/mol. The van der Waals surface area contributed by atoms with E-state index in [1.165, 1.54) is 5.56 Å². The Bertz CT molecular complexity index is 1270. The normalized spacial score (nSPS) is 10.5. The number of ether oxygens (including phenoxy) is 1. The van der Waals surface area contributed by atoms with Crippen molar-refractivity contribution >= 4 is 29.0 Å². The van der Waals surface area contributed by atoms with Crippen LogP contribution in [0.1, 0.15) is 21.5 Å². The number of aryl methyl sites for hydroxylation is 1. The lowest BCUT2D eigenvalue weighted by atomic mass is 10.0. The van der Waals surface area contributed by atoms with Gasteiger partial charge >= 0.3 is 0 Å². The van der Waals surface area contributed by atoms with Gasteiger partial charge in [0.05, 0.1) is 5.69 Å². The summed E-state index contributed by atoms with van der Waals surface area (Å²) in [6.45, 7) is 1.86. The van der Waals surface area contributed by atoms with Crippen LogP contribution >= 0.6 is 11.6 Å². The number of rotatable bonds is 7. The van der Waals surface area contributed by atoms with Crippen molar-refractivity contribution in [3.8, 4) is 16.9 Å². The first-order valence-electron chi connectivity index (χ1n) is 10.5. The molecule has 4 nitrogen and oxygen atoms in total. The van der Waals surface area contributed by atoms with Crippen LogP contribution in [0.2, 0.25) is 5.02 Å². The molecule has 0 spiro atoms. The molecule has 0 aromatic heterocycles. The number of halogens is 1. The maximum Gasteiger partial charge on any atom is 0.262 e. The van der Waals surface area contributed by atoms with E-state index < -0.39 is 0 Å². The van der Waals surface area contributed by atoms with E-state index in [9.17, 15) is 9.59 Å². The molecule has 5 heteroatoms. The summed E-state index contributed by atoms with van der Waals surface area (Å²) >= 11 is 6.10. The summed E-state index contributed by atoms with van der Waals surface area (Å²) in [7, 11) is 0. The number of carbonyl (C=O) groups is 2. The molecule has 4 aromatic carbocycles. The highest BCUT2D eigenvalue weighted by Gasteiger charge is 2.16. The van der Waals surface area contributed by atoms with Crippen LogP contribution < -0.4 is 10.1 Å². The first-order valence-corrected chi connectivity index (χ1v) is 10.9. The fourth-order valence-electron chi connectivity index (χ4n) is 3.38. The second-order valence-electron chi connectivity index (χ2n) is 7.61. The topological polar surface area (TPSA) is 55.4 Å². The molecule has 164 valence electrons. The lowest BCUT2D eigenvalue weighted by Crippen LogP contribution is -2.21. The van der Waals surface area contributed by atoms with E-state index in [1.54, 1.807) is 42.5 Å². The highest BCUT2D eigenvalue weighted by Crippen LogP contribution is 2.25. The van der Waals surface area contributed by atoms with Crippen LogP contribution in [0.5, 0.6) is 5.75 Å². The zero-order valence-corrected chi connectivity index (χ0v) is 18.8. The van der Waals surface area contributed by atoms with Crippen molar-refractivity contribution < 1.29 is 14.3 Å². The van der Waals surface area contributed by atoms with Gasteiger partial charge in [0.15, 0.2) is 12.4 Å². The fraction of sp³-hybridized carbons (Fsp3) is 0.0714. The Balaban J connectivity index is 1.41. The van der Waals surface area contributed by atoms with Crippen LogP contribution in [0.3, 0.4) is 0 Å². The van der Waals surface area contributed by atoms with Gasteiger partial charge in [-0.1, -0.05) is 83.9 Å². The van der Waals surface area contributed by atoms with E-state index in [0.29, 0.717) is 27.6 Å². The van der Waals surface area contributed by atoms with E-state index >= 15 is 0 Å². The molecule has 4 aromatic rings. The molecule has 0 atom stereocenters. The summed E-state index contributed by atoms with van der Waals surface area (Å²) in [4.78, 5) is 25.4. The maximum atomic E-state index is 12.9. The summed E-state index contributed by atoms with van der Waals surface area (Å²) in [5.74, 6) is -0.0132. The molecule has 0 unspecified atom stereocenters. The maximum absolute atomic E-state index is 12.9. The second kappa shape index (κ2) is 10.2. The van der Waals surface area contributed by atoms with Crippen molar-refractivity contribution in [1.82, 2.24) is 0 Å². The van der Waals surface area contributed by atoms with Gasteiger partial charge in [-0.3, -0.25) is 9.59 Å². The first kappa shape index (κ1) is 22.3. The van der Waals surface area contributed by atoms with Crippen LogP contribution in [0.15, 0.2) is 97.1 Å². The van der Waals surface area contributed by atoms with E-state index in [2.05, 4.69) is 36.5 Å². The van der Waals surface area contributed by atoms with E-state index in [4.69, 9.17) is 16.3 Å². The zero-order valence-electron chi connectivity index (χ0n) is 18.0. The number of benzene rings is 4. The van der Waals surface area contributed by atoms with Crippen molar-refractivity contribution in [2.75, 3.05) is 11.9 Å². The smallest absolute Gasteiger partial charge is 0.262 e. The van der Waals surface area contributed by atoms with Gasteiger partial charge in [0, 0.05) is 16.1 Å². The average Bonchev–Trinajstić information content (AvgIpc) is 2.85. The quantitative estimate of drug-likeness (QED) is 0.321. The standard InChI is InChI=1S/C28H22ClNO3/c1-19-7-9-20(10-8-19)21-11-14-24(15-12-21)33-18-27(31)30-26-16-13-23(29)17-25(26)28(32)22-5-3-2-4-6-22/h2-17H,18H2,1H3,(H,30,31). The largest absolute Gasteiger partial charge is 0.484 e. The van der Waals surface area contributed by atoms with Crippen molar-refractivity contribution in [3.63, 3.8) is 0 Å². The number of ketones is 1. The van der Waals surface area contributed by atoms with Gasteiger partial charge in [0.2, 0.25) is 0 Å². The Kier molecular flexibility index (Phi) is 6.86. The molecule has 0 saturated carbocycles. The summed E-state index contributed by atoms with van der Waals surface area (Å²) in [5, 5.41) is 3.17. The van der Waals surface area contributed by atoms with Crippen molar-refractivity contribution in [1.29, 1.82) is 0 Å². The third kappa shape index (κ3) is 5.68. The molecule has 0 aliphatic rings. The third-order valence-electron chi connectivity index (χ3n) is 5.15. The summed E-state index contributed by atoms with van der Waals surface area (Å²) in [6, 6.07) is 29.5. The molecular formula is C28H22ClNO3. The van der Waals surface area contributed by atoms with Gasteiger partial charge in [-0.2, -0.15) is 0 Å². The third-order valence-corrected chi connectivity index (χ3v) is 5.38. The number of anilines is 1. The highest BCUT2D eigenvalue weighted by molar-refractivity contribution is 6.31. The summed E-state index contributed by atoms with van der Waals surface area (Å²) in [5.41, 5.74) is 4.61. The lowest BCUT2D eigenvalue weighted by Gasteiger charge is -2.12. The highest BCUT2D eigenvalue weighted by atomic mass is 35.5. The SMILES string of the molecule is Cc1ccc(-c2ccc(OCC(=O)Nc3ccc(Cl)cc3C(=O)c3ccccc3)cc2)cc1. The molecule has 0 aliphatic carbocycles. The zero-order chi connectivity index (χ0) is 23.2. The number of hydrogen-bond donors (Lipinski definition) is 1. The fourth-order valence-corrected chi connectivity index (χ4v) is 3.56. The lowest BCUT2D eigenvalue weighted by molar-refractivity contribution is -0.118. The van der Waals surface area contributed by atoms with Crippen LogP contribution in [0.4, 0.5) is 5.69 Å². The van der Waals surface area contributed by atoms with Crippen molar-refractivity contribution in [3.05, 3.63) is 119 Å². The van der Waals surface area contributed by atoms with Gasteiger partial charge in [-0.25, -0.2) is 0 Å². The molecule has 4 rings (SSSR count). The van der Waals surface area contributed by atoms with Gasteiger partial charge in [-0.15, -0.1) is 0 Å². The van der Waals surface area contributed by atoms with Crippen LogP contribution in [0.25, 0.3) is 11.1 Å². The summed E-state index contributed by atoms with van der Waals surface area (Å²) < 4.78 is 5.64. The molecule has 0 bridgehead atoms. The molecule has 0 fully saturated rings.